The van der Waals surface area contributed by atoms with Gasteiger partial charge in [0.2, 0.25) is 5.91 Å². The van der Waals surface area contributed by atoms with Gasteiger partial charge >= 0.3 is 0 Å². The van der Waals surface area contributed by atoms with E-state index in [0.29, 0.717) is 26.2 Å². The van der Waals surface area contributed by atoms with Crippen LogP contribution in [0.1, 0.15) is 28.6 Å². The maximum absolute atomic E-state index is 12.6. The topological polar surface area (TPSA) is 49.9 Å². The zero-order valence-corrected chi connectivity index (χ0v) is 13.2. The van der Waals surface area contributed by atoms with Gasteiger partial charge in [0.15, 0.2) is 0 Å². The molecule has 2 atom stereocenters. The molecule has 0 unspecified atom stereocenters. The van der Waals surface area contributed by atoms with Crippen LogP contribution in [0.5, 0.6) is 0 Å². The molecule has 1 aromatic rings. The molecular formula is C15H20N2O3S. The van der Waals surface area contributed by atoms with Gasteiger partial charge in [-0.05, 0) is 30.4 Å². The van der Waals surface area contributed by atoms with Crippen molar-refractivity contribution in [3.05, 3.63) is 21.9 Å². The molecule has 2 saturated heterocycles. The zero-order chi connectivity index (χ0) is 15.0. The van der Waals surface area contributed by atoms with E-state index in [1.54, 1.807) is 6.92 Å². The maximum atomic E-state index is 12.6. The summed E-state index contributed by atoms with van der Waals surface area (Å²) in [5.74, 6) is 0.143. The van der Waals surface area contributed by atoms with E-state index in [9.17, 15) is 9.59 Å². The van der Waals surface area contributed by atoms with Gasteiger partial charge in [-0.25, -0.2) is 0 Å². The minimum absolute atomic E-state index is 0.00535. The lowest BCUT2D eigenvalue weighted by Gasteiger charge is -2.46. The largest absolute Gasteiger partial charge is 0.374 e. The molecule has 5 nitrogen and oxygen atoms in total. The summed E-state index contributed by atoms with van der Waals surface area (Å²) >= 11 is 1.48. The van der Waals surface area contributed by atoms with Gasteiger partial charge in [0.25, 0.3) is 5.91 Å². The van der Waals surface area contributed by atoms with Gasteiger partial charge < -0.3 is 14.5 Å². The lowest BCUT2D eigenvalue weighted by atomic mass is 9.98. The monoisotopic (exact) mass is 308 g/mol. The number of aryl methyl sites for hydroxylation is 1. The fourth-order valence-electron chi connectivity index (χ4n) is 3.18. The van der Waals surface area contributed by atoms with Crippen molar-refractivity contribution in [1.82, 2.24) is 9.80 Å². The van der Waals surface area contributed by atoms with Crippen LogP contribution in [-0.2, 0) is 9.53 Å². The van der Waals surface area contributed by atoms with Crippen LogP contribution in [0.15, 0.2) is 11.4 Å². The average molecular weight is 308 g/mol. The van der Waals surface area contributed by atoms with Crippen LogP contribution in [0.2, 0.25) is 0 Å². The van der Waals surface area contributed by atoms with Crippen molar-refractivity contribution in [3.8, 4) is 0 Å². The molecule has 6 heteroatoms. The number of thiophene rings is 1. The van der Waals surface area contributed by atoms with E-state index in [1.165, 1.54) is 11.3 Å². The summed E-state index contributed by atoms with van der Waals surface area (Å²) in [6.07, 6.45) is 0.862. The van der Waals surface area contributed by atoms with Crippen LogP contribution >= 0.6 is 11.3 Å². The predicted molar refractivity (Wildman–Crippen MR) is 80.5 cm³/mol. The molecule has 2 aliphatic heterocycles. The molecule has 0 spiro atoms. The average Bonchev–Trinajstić information content (AvgIpc) is 2.91. The van der Waals surface area contributed by atoms with Crippen LogP contribution in [0.3, 0.4) is 0 Å². The molecule has 0 saturated carbocycles. The summed E-state index contributed by atoms with van der Waals surface area (Å²) in [5, 5.41) is 1.95. The van der Waals surface area contributed by atoms with Crippen molar-refractivity contribution < 1.29 is 14.3 Å². The smallest absolute Gasteiger partial charge is 0.264 e. The Morgan fingerprint density at radius 2 is 2.19 bits per heavy atom. The molecule has 0 radical (unpaired) electrons. The van der Waals surface area contributed by atoms with Crippen LogP contribution in [-0.4, -0.2) is 60.0 Å². The summed E-state index contributed by atoms with van der Waals surface area (Å²) in [6, 6.07) is 1.96. The summed E-state index contributed by atoms with van der Waals surface area (Å²) in [7, 11) is 0. The van der Waals surface area contributed by atoms with Crippen molar-refractivity contribution in [2.45, 2.75) is 32.4 Å². The summed E-state index contributed by atoms with van der Waals surface area (Å²) < 4.78 is 5.78. The number of ether oxygens (including phenoxy) is 1. The van der Waals surface area contributed by atoms with Crippen molar-refractivity contribution in [2.75, 3.05) is 26.2 Å². The van der Waals surface area contributed by atoms with Crippen LogP contribution in [0.25, 0.3) is 0 Å². The van der Waals surface area contributed by atoms with E-state index >= 15 is 0 Å². The number of rotatable bonds is 1. The number of carbonyl (C=O) groups excluding carboxylic acids is 2. The third kappa shape index (κ3) is 2.70. The summed E-state index contributed by atoms with van der Waals surface area (Å²) in [4.78, 5) is 28.9. The highest BCUT2D eigenvalue weighted by Crippen LogP contribution is 2.26. The number of fused-ring (bicyclic) bond motifs is 1. The van der Waals surface area contributed by atoms with E-state index in [2.05, 4.69) is 0 Å². The minimum Gasteiger partial charge on any atom is -0.374 e. The number of likely N-dealkylation sites (tertiary alicyclic amines) is 1. The summed E-state index contributed by atoms with van der Waals surface area (Å²) in [5.41, 5.74) is 1.02. The molecule has 21 heavy (non-hydrogen) atoms. The SMILES string of the molecule is CC(=O)N1CCO[C@@H]2CCN(C(=O)c3sccc3C)C[C@H]21. The number of nitrogens with zero attached hydrogens (tertiary/aromatic N) is 2. The molecule has 2 fully saturated rings. The Balaban J connectivity index is 1.76. The van der Waals surface area contributed by atoms with Crippen LogP contribution in [0, 0.1) is 6.92 Å². The first-order chi connectivity index (χ1) is 10.1. The number of hydrogen-bond acceptors (Lipinski definition) is 4. The van der Waals surface area contributed by atoms with Crippen molar-refractivity contribution >= 4 is 23.2 Å². The number of amides is 2. The highest BCUT2D eigenvalue weighted by Gasteiger charge is 2.39. The molecule has 0 bridgehead atoms. The first-order valence-electron chi connectivity index (χ1n) is 7.30. The van der Waals surface area contributed by atoms with Gasteiger partial charge in [-0.1, -0.05) is 0 Å². The molecular weight excluding hydrogens is 288 g/mol. The van der Waals surface area contributed by atoms with Crippen molar-refractivity contribution in [1.29, 1.82) is 0 Å². The maximum Gasteiger partial charge on any atom is 0.264 e. The first kappa shape index (κ1) is 14.5. The lowest BCUT2D eigenvalue weighted by Crippen LogP contribution is -2.61. The minimum atomic E-state index is -0.00535. The first-order valence-corrected chi connectivity index (χ1v) is 8.18. The van der Waals surface area contributed by atoms with Gasteiger partial charge in [0.1, 0.15) is 0 Å². The Bertz CT molecular complexity index is 557. The van der Waals surface area contributed by atoms with E-state index in [1.807, 2.05) is 28.2 Å². The molecule has 114 valence electrons. The standard InChI is InChI=1S/C15H20N2O3S/c1-10-4-8-21-14(10)15(19)16-5-3-13-12(9-16)17(11(2)18)6-7-20-13/h4,8,12-13H,3,5-7,9H2,1-2H3/t12-,13-/m1/s1. The number of morpholine rings is 1. The number of hydrogen-bond donors (Lipinski definition) is 0. The third-order valence-electron chi connectivity index (χ3n) is 4.33. The van der Waals surface area contributed by atoms with E-state index in [-0.39, 0.29) is 24.0 Å². The second-order valence-corrected chi connectivity index (χ2v) is 6.58. The van der Waals surface area contributed by atoms with Crippen LogP contribution in [0.4, 0.5) is 0 Å². The van der Waals surface area contributed by atoms with Crippen molar-refractivity contribution in [2.24, 2.45) is 0 Å². The highest BCUT2D eigenvalue weighted by molar-refractivity contribution is 7.12. The fourth-order valence-corrected chi connectivity index (χ4v) is 4.08. The molecule has 2 aliphatic rings. The second-order valence-electron chi connectivity index (χ2n) is 5.66. The van der Waals surface area contributed by atoms with Gasteiger partial charge in [-0.3, -0.25) is 9.59 Å². The normalized spacial score (nSPS) is 25.6. The van der Waals surface area contributed by atoms with Gasteiger partial charge in [-0.2, -0.15) is 0 Å². The predicted octanol–water partition coefficient (Wildman–Crippen LogP) is 1.52. The molecule has 0 N–H and O–H groups in total. The Kier molecular flexibility index (Phi) is 3.99. The molecule has 0 aromatic carbocycles. The van der Waals surface area contributed by atoms with Crippen LogP contribution < -0.4 is 0 Å². The molecule has 3 rings (SSSR count). The molecule has 0 aliphatic carbocycles. The molecule has 2 amide bonds. The highest BCUT2D eigenvalue weighted by atomic mass is 32.1. The van der Waals surface area contributed by atoms with Gasteiger partial charge in [0.05, 0.1) is 23.6 Å². The lowest BCUT2D eigenvalue weighted by molar-refractivity contribution is -0.149. The molecule has 1 aromatic heterocycles. The van der Waals surface area contributed by atoms with E-state index in [0.717, 1.165) is 16.9 Å². The van der Waals surface area contributed by atoms with Gasteiger partial charge in [-0.15, -0.1) is 11.3 Å². The second kappa shape index (κ2) is 5.77. The Hall–Kier alpha value is -1.40. The van der Waals surface area contributed by atoms with Gasteiger partial charge in [0, 0.05) is 26.6 Å². The quantitative estimate of drug-likeness (QED) is 0.790. The number of carbonyl (C=O) groups is 2. The third-order valence-corrected chi connectivity index (χ3v) is 5.34. The van der Waals surface area contributed by atoms with E-state index < -0.39 is 0 Å². The van der Waals surface area contributed by atoms with E-state index in [4.69, 9.17) is 4.74 Å². The zero-order valence-electron chi connectivity index (χ0n) is 12.4. The van der Waals surface area contributed by atoms with Crippen molar-refractivity contribution in [3.63, 3.8) is 0 Å². The molecule has 3 heterocycles. The summed E-state index contributed by atoms with van der Waals surface area (Å²) in [6.45, 7) is 6.04. The number of piperidine rings is 1. The Morgan fingerprint density at radius 1 is 1.38 bits per heavy atom. The Labute approximate surface area is 128 Å². The Morgan fingerprint density at radius 3 is 2.86 bits per heavy atom. The fraction of sp³-hybridized carbons (Fsp3) is 0.600.